The topological polar surface area (TPSA) is 42.0 Å². The third-order valence-electron chi connectivity index (χ3n) is 1.49. The number of amides is 1. The molecule has 4 heteroatoms. The Kier molecular flexibility index (Phi) is 2.10. The van der Waals surface area contributed by atoms with Crippen LogP contribution in [0.15, 0.2) is 18.3 Å². The first-order valence-corrected chi connectivity index (χ1v) is 3.10. The summed E-state index contributed by atoms with van der Waals surface area (Å²) in [5.74, 6) is 0.0358. The number of hydrogen-bond acceptors (Lipinski definition) is 2. The summed E-state index contributed by atoms with van der Waals surface area (Å²) in [5, 5.41) is 2.70. The molecular weight excluding hydrogens is 164 g/mol. The van der Waals surface area contributed by atoms with Gasteiger partial charge in [-0.1, -0.05) is 0 Å². The van der Waals surface area contributed by atoms with Gasteiger partial charge in [0.1, 0.15) is 0 Å². The van der Waals surface area contributed by atoms with Gasteiger partial charge in [-0.3, -0.25) is 9.78 Å². The maximum atomic E-state index is 10.7. The van der Waals surface area contributed by atoms with Crippen LogP contribution in [0.2, 0.25) is 0 Å². The number of nitrogens with zero attached hydrogens (tertiary/aromatic N) is 1. The first kappa shape index (κ1) is 8.01. The van der Waals surface area contributed by atoms with Crippen LogP contribution in [0, 0.1) is 0 Å². The Morgan fingerprint density at radius 1 is 1.55 bits per heavy atom. The number of aromatic nitrogens is 1. The van der Waals surface area contributed by atoms with Crippen LogP contribution in [0.4, 0.5) is 5.69 Å². The number of fused-ring (bicyclic) bond motifs is 1. The molecule has 0 spiro atoms. The summed E-state index contributed by atoms with van der Waals surface area (Å²) in [6, 6.07) is 3.66. The van der Waals surface area contributed by atoms with Crippen molar-refractivity contribution < 1.29 is 4.79 Å². The van der Waals surface area contributed by atoms with E-state index >= 15 is 0 Å². The van der Waals surface area contributed by atoms with Gasteiger partial charge in [-0.05, 0) is 12.1 Å². The highest BCUT2D eigenvalue weighted by molar-refractivity contribution is 5.98. The minimum Gasteiger partial charge on any atom is -0.324 e. The maximum Gasteiger partial charge on any atom is 0.230 e. The van der Waals surface area contributed by atoms with Crippen molar-refractivity contribution in [2.24, 2.45) is 0 Å². The van der Waals surface area contributed by atoms with Gasteiger partial charge in [0, 0.05) is 6.20 Å². The highest BCUT2D eigenvalue weighted by Crippen LogP contribution is 2.18. The zero-order valence-electron chi connectivity index (χ0n) is 5.70. The molecule has 1 aliphatic heterocycles. The van der Waals surface area contributed by atoms with Crippen molar-refractivity contribution in [2.75, 3.05) is 5.32 Å². The third-order valence-corrected chi connectivity index (χ3v) is 1.49. The first-order valence-electron chi connectivity index (χ1n) is 3.10. The van der Waals surface area contributed by atoms with Gasteiger partial charge < -0.3 is 5.32 Å². The van der Waals surface area contributed by atoms with E-state index in [2.05, 4.69) is 10.3 Å². The first-order chi connectivity index (χ1) is 4.86. The van der Waals surface area contributed by atoms with Gasteiger partial charge in [0.25, 0.3) is 0 Å². The van der Waals surface area contributed by atoms with Gasteiger partial charge in [0.15, 0.2) is 0 Å². The lowest BCUT2D eigenvalue weighted by Crippen LogP contribution is -2.03. The SMILES string of the molecule is Cl.O=C1Cc2ncccc2N1. The summed E-state index contributed by atoms with van der Waals surface area (Å²) in [6.07, 6.45) is 2.12. The molecule has 58 valence electrons. The van der Waals surface area contributed by atoms with E-state index in [9.17, 15) is 4.79 Å². The molecule has 2 heterocycles. The van der Waals surface area contributed by atoms with Crippen molar-refractivity contribution in [3.63, 3.8) is 0 Å². The third kappa shape index (κ3) is 1.33. The lowest BCUT2D eigenvalue weighted by atomic mass is 10.3. The van der Waals surface area contributed by atoms with Crippen LogP contribution < -0.4 is 5.32 Å². The molecule has 0 aromatic carbocycles. The number of rotatable bonds is 0. The largest absolute Gasteiger partial charge is 0.324 e. The number of pyridine rings is 1. The molecule has 11 heavy (non-hydrogen) atoms. The fraction of sp³-hybridized carbons (Fsp3) is 0.143. The second kappa shape index (κ2) is 2.88. The number of halogens is 1. The van der Waals surface area contributed by atoms with Crippen LogP contribution >= 0.6 is 12.4 Å². The molecule has 0 atom stereocenters. The summed E-state index contributed by atoms with van der Waals surface area (Å²) in [5.41, 5.74) is 1.71. The summed E-state index contributed by atoms with van der Waals surface area (Å²) in [6.45, 7) is 0. The lowest BCUT2D eigenvalue weighted by Gasteiger charge is -1.92. The van der Waals surface area contributed by atoms with Crippen LogP contribution in [-0.4, -0.2) is 10.9 Å². The van der Waals surface area contributed by atoms with Crippen LogP contribution in [0.25, 0.3) is 0 Å². The number of carbonyl (C=O) groups is 1. The minimum absolute atomic E-state index is 0. The van der Waals surface area contributed by atoms with Crippen molar-refractivity contribution in [1.82, 2.24) is 4.98 Å². The van der Waals surface area contributed by atoms with E-state index < -0.39 is 0 Å². The van der Waals surface area contributed by atoms with Crippen molar-refractivity contribution >= 4 is 24.0 Å². The highest BCUT2D eigenvalue weighted by Gasteiger charge is 2.16. The molecule has 0 radical (unpaired) electrons. The summed E-state index contributed by atoms with van der Waals surface area (Å²) in [4.78, 5) is 14.8. The summed E-state index contributed by atoms with van der Waals surface area (Å²) < 4.78 is 0. The molecule has 0 bridgehead atoms. The van der Waals surface area contributed by atoms with E-state index in [4.69, 9.17) is 0 Å². The van der Waals surface area contributed by atoms with E-state index in [1.165, 1.54) is 0 Å². The van der Waals surface area contributed by atoms with Gasteiger partial charge in [-0.25, -0.2) is 0 Å². The smallest absolute Gasteiger partial charge is 0.230 e. The predicted molar refractivity (Wildman–Crippen MR) is 43.8 cm³/mol. The van der Waals surface area contributed by atoms with E-state index in [-0.39, 0.29) is 18.3 Å². The van der Waals surface area contributed by atoms with Gasteiger partial charge in [-0.2, -0.15) is 0 Å². The maximum absolute atomic E-state index is 10.7. The Morgan fingerprint density at radius 3 is 3.09 bits per heavy atom. The van der Waals surface area contributed by atoms with Crippen molar-refractivity contribution in [1.29, 1.82) is 0 Å². The molecule has 0 aliphatic carbocycles. The second-order valence-electron chi connectivity index (χ2n) is 2.22. The fourth-order valence-corrected chi connectivity index (χ4v) is 1.04. The normalized spacial score (nSPS) is 13.3. The number of nitrogens with one attached hydrogen (secondary N) is 1. The molecule has 1 aliphatic rings. The number of hydrogen-bond donors (Lipinski definition) is 1. The average Bonchev–Trinajstić information content (AvgIpc) is 2.27. The fourth-order valence-electron chi connectivity index (χ4n) is 1.04. The standard InChI is InChI=1S/C7H6N2O.ClH/c10-7-4-6-5(9-7)2-1-3-8-6;/h1-3H,4H2,(H,9,10);1H. The van der Waals surface area contributed by atoms with Gasteiger partial charge in [0.2, 0.25) is 5.91 Å². The summed E-state index contributed by atoms with van der Waals surface area (Å²) >= 11 is 0. The molecule has 0 fully saturated rings. The van der Waals surface area contributed by atoms with Gasteiger partial charge in [0.05, 0.1) is 17.8 Å². The molecule has 1 amide bonds. The van der Waals surface area contributed by atoms with Crippen molar-refractivity contribution in [3.05, 3.63) is 24.0 Å². The number of anilines is 1. The molecule has 1 aromatic rings. The van der Waals surface area contributed by atoms with Crippen molar-refractivity contribution in [3.8, 4) is 0 Å². The van der Waals surface area contributed by atoms with E-state index in [1.807, 2.05) is 12.1 Å². The molecular formula is C7H7ClN2O. The lowest BCUT2D eigenvalue weighted by molar-refractivity contribution is -0.115. The molecule has 0 saturated carbocycles. The van der Waals surface area contributed by atoms with E-state index in [0.29, 0.717) is 6.42 Å². The quantitative estimate of drug-likeness (QED) is 0.631. The summed E-state index contributed by atoms with van der Waals surface area (Å²) in [7, 11) is 0. The Bertz CT molecular complexity index is 261. The molecule has 0 unspecified atom stereocenters. The number of carbonyl (C=O) groups excluding carboxylic acids is 1. The van der Waals surface area contributed by atoms with Crippen LogP contribution in [0.5, 0.6) is 0 Å². The Hall–Kier alpha value is -1.09. The molecule has 2 rings (SSSR count). The Morgan fingerprint density at radius 2 is 2.36 bits per heavy atom. The molecule has 1 N–H and O–H groups in total. The Labute approximate surface area is 70.2 Å². The molecule has 1 aromatic heterocycles. The molecule has 0 saturated heterocycles. The minimum atomic E-state index is 0. The molecule has 3 nitrogen and oxygen atoms in total. The monoisotopic (exact) mass is 170 g/mol. The van der Waals surface area contributed by atoms with Gasteiger partial charge >= 0.3 is 0 Å². The van der Waals surface area contributed by atoms with Crippen molar-refractivity contribution in [2.45, 2.75) is 6.42 Å². The zero-order chi connectivity index (χ0) is 6.97. The predicted octanol–water partition coefficient (Wildman–Crippen LogP) is 0.998. The van der Waals surface area contributed by atoms with E-state index in [0.717, 1.165) is 11.4 Å². The zero-order valence-corrected chi connectivity index (χ0v) is 6.52. The average molecular weight is 171 g/mol. The Balaban J connectivity index is 0.000000605. The van der Waals surface area contributed by atoms with Crippen LogP contribution in [0.1, 0.15) is 5.69 Å². The van der Waals surface area contributed by atoms with Crippen LogP contribution in [-0.2, 0) is 11.2 Å². The van der Waals surface area contributed by atoms with Gasteiger partial charge in [-0.15, -0.1) is 12.4 Å². The van der Waals surface area contributed by atoms with E-state index in [1.54, 1.807) is 6.20 Å². The highest BCUT2D eigenvalue weighted by atomic mass is 35.5. The van der Waals surface area contributed by atoms with Crippen LogP contribution in [0.3, 0.4) is 0 Å². The second-order valence-corrected chi connectivity index (χ2v) is 2.22.